The van der Waals surface area contributed by atoms with Crippen LogP contribution in [0.5, 0.6) is 0 Å². The third-order valence-electron chi connectivity index (χ3n) is 3.27. The maximum atomic E-state index is 14.2. The van der Waals surface area contributed by atoms with Gasteiger partial charge >= 0.3 is 0 Å². The lowest BCUT2D eigenvalue weighted by Crippen LogP contribution is -2.20. The van der Waals surface area contributed by atoms with Crippen LogP contribution in [0.3, 0.4) is 0 Å². The first-order valence-electron chi connectivity index (χ1n) is 6.28. The van der Waals surface area contributed by atoms with Gasteiger partial charge in [0.15, 0.2) is 0 Å². The van der Waals surface area contributed by atoms with Crippen LogP contribution in [-0.4, -0.2) is 7.05 Å². The van der Waals surface area contributed by atoms with Gasteiger partial charge in [-0.05, 0) is 43.7 Å². The normalized spacial score (nSPS) is 12.4. The molecule has 0 bridgehead atoms. The van der Waals surface area contributed by atoms with E-state index >= 15 is 0 Å². The molecule has 0 aliphatic carbocycles. The van der Waals surface area contributed by atoms with Crippen molar-refractivity contribution in [2.24, 2.45) is 0 Å². The van der Waals surface area contributed by atoms with Gasteiger partial charge in [-0.1, -0.05) is 41.9 Å². The van der Waals surface area contributed by atoms with Gasteiger partial charge in [-0.25, -0.2) is 4.39 Å². The van der Waals surface area contributed by atoms with Gasteiger partial charge in [-0.3, -0.25) is 0 Å². The Bertz CT molecular complexity index is 568. The van der Waals surface area contributed by atoms with E-state index < -0.39 is 0 Å². The van der Waals surface area contributed by atoms with Crippen LogP contribution < -0.4 is 5.32 Å². The summed E-state index contributed by atoms with van der Waals surface area (Å²) in [4.78, 5) is 0. The number of benzene rings is 2. The van der Waals surface area contributed by atoms with Gasteiger partial charge in [0.2, 0.25) is 0 Å². The fourth-order valence-electron chi connectivity index (χ4n) is 2.21. The molecule has 2 rings (SSSR count). The van der Waals surface area contributed by atoms with Crippen LogP contribution in [0.1, 0.15) is 22.7 Å². The maximum absolute atomic E-state index is 14.2. The van der Waals surface area contributed by atoms with E-state index in [0.29, 0.717) is 22.6 Å². The molecule has 0 radical (unpaired) electrons. The van der Waals surface area contributed by atoms with Crippen LogP contribution in [0.4, 0.5) is 4.39 Å². The Balaban J connectivity index is 2.28. The molecule has 1 atom stereocenters. The van der Waals surface area contributed by atoms with Crippen molar-refractivity contribution in [3.05, 3.63) is 70.0 Å². The van der Waals surface area contributed by atoms with Crippen LogP contribution >= 0.6 is 11.6 Å². The zero-order valence-corrected chi connectivity index (χ0v) is 11.8. The molecule has 1 nitrogen and oxygen atoms in total. The Kier molecular flexibility index (Phi) is 4.56. The highest BCUT2D eigenvalue weighted by Gasteiger charge is 2.15. The monoisotopic (exact) mass is 277 g/mol. The minimum Gasteiger partial charge on any atom is -0.313 e. The molecular weight excluding hydrogens is 261 g/mol. The Morgan fingerprint density at radius 2 is 1.95 bits per heavy atom. The maximum Gasteiger partial charge on any atom is 0.130 e. The number of rotatable bonds is 4. The van der Waals surface area contributed by atoms with E-state index in [2.05, 4.69) is 5.32 Å². The standard InChI is InChI=1S/C16H17ClFN/c1-11-5-3-8-14(16(11)18)15(19-2)10-12-6-4-7-13(17)9-12/h3-9,15,19H,10H2,1-2H3. The fraction of sp³-hybridized carbons (Fsp3) is 0.250. The molecule has 2 aromatic carbocycles. The van der Waals surface area contributed by atoms with Crippen molar-refractivity contribution >= 4 is 11.6 Å². The average Bonchev–Trinajstić information content (AvgIpc) is 2.40. The van der Waals surface area contributed by atoms with Crippen LogP contribution in [0.15, 0.2) is 42.5 Å². The third-order valence-corrected chi connectivity index (χ3v) is 3.51. The molecule has 100 valence electrons. The zero-order chi connectivity index (χ0) is 13.8. The molecule has 0 saturated heterocycles. The first-order chi connectivity index (χ1) is 9.11. The highest BCUT2D eigenvalue weighted by atomic mass is 35.5. The summed E-state index contributed by atoms with van der Waals surface area (Å²) < 4.78 is 14.2. The summed E-state index contributed by atoms with van der Waals surface area (Å²) in [5, 5.41) is 3.88. The molecule has 0 spiro atoms. The Morgan fingerprint density at radius 1 is 1.21 bits per heavy atom. The molecular formula is C16H17ClFN. The summed E-state index contributed by atoms with van der Waals surface area (Å²) in [6.07, 6.45) is 0.706. The molecule has 2 aromatic rings. The Labute approximate surface area is 118 Å². The van der Waals surface area contributed by atoms with Crippen molar-refractivity contribution in [3.63, 3.8) is 0 Å². The number of likely N-dealkylation sites (N-methyl/N-ethyl adjacent to an activating group) is 1. The van der Waals surface area contributed by atoms with Crippen molar-refractivity contribution in [2.75, 3.05) is 7.05 Å². The van der Waals surface area contributed by atoms with Gasteiger partial charge < -0.3 is 5.32 Å². The molecule has 0 aliphatic heterocycles. The molecule has 3 heteroatoms. The zero-order valence-electron chi connectivity index (χ0n) is 11.1. The molecule has 1 N–H and O–H groups in total. The summed E-state index contributed by atoms with van der Waals surface area (Å²) in [5.74, 6) is -0.135. The second-order valence-electron chi connectivity index (χ2n) is 4.65. The number of hydrogen-bond acceptors (Lipinski definition) is 1. The van der Waals surface area contributed by atoms with Gasteiger partial charge in [0.25, 0.3) is 0 Å². The summed E-state index contributed by atoms with van der Waals surface area (Å²) in [5.41, 5.74) is 2.46. The lowest BCUT2D eigenvalue weighted by molar-refractivity contribution is 0.530. The van der Waals surface area contributed by atoms with Crippen LogP contribution in [-0.2, 0) is 6.42 Å². The summed E-state index contributed by atoms with van der Waals surface area (Å²) in [6, 6.07) is 13.1. The van der Waals surface area contributed by atoms with Gasteiger partial charge in [-0.2, -0.15) is 0 Å². The van der Waals surface area contributed by atoms with Crippen molar-refractivity contribution < 1.29 is 4.39 Å². The SMILES string of the molecule is CNC(Cc1cccc(Cl)c1)c1cccc(C)c1F. The summed E-state index contributed by atoms with van der Waals surface area (Å²) in [6.45, 7) is 1.78. The van der Waals surface area contributed by atoms with E-state index in [1.807, 2.05) is 43.4 Å². The lowest BCUT2D eigenvalue weighted by Gasteiger charge is -2.18. The number of halogens is 2. The predicted octanol–water partition coefficient (Wildman–Crippen LogP) is 4.29. The summed E-state index contributed by atoms with van der Waals surface area (Å²) in [7, 11) is 1.84. The summed E-state index contributed by atoms with van der Waals surface area (Å²) >= 11 is 5.98. The third kappa shape index (κ3) is 3.34. The van der Waals surface area contributed by atoms with Crippen molar-refractivity contribution in [2.45, 2.75) is 19.4 Å². The quantitative estimate of drug-likeness (QED) is 0.879. The smallest absolute Gasteiger partial charge is 0.130 e. The van der Waals surface area contributed by atoms with Crippen molar-refractivity contribution in [3.8, 4) is 0 Å². The number of aryl methyl sites for hydroxylation is 1. The predicted molar refractivity (Wildman–Crippen MR) is 78.1 cm³/mol. The van der Waals surface area contributed by atoms with Crippen LogP contribution in [0.2, 0.25) is 5.02 Å². The van der Waals surface area contributed by atoms with Gasteiger partial charge in [0, 0.05) is 16.6 Å². The topological polar surface area (TPSA) is 12.0 Å². The van der Waals surface area contributed by atoms with E-state index in [9.17, 15) is 4.39 Å². The van der Waals surface area contributed by atoms with Crippen molar-refractivity contribution in [1.82, 2.24) is 5.32 Å². The highest BCUT2D eigenvalue weighted by Crippen LogP contribution is 2.24. The first kappa shape index (κ1) is 14.0. The average molecular weight is 278 g/mol. The van der Waals surface area contributed by atoms with E-state index in [0.717, 1.165) is 5.56 Å². The van der Waals surface area contributed by atoms with Crippen LogP contribution in [0.25, 0.3) is 0 Å². The van der Waals surface area contributed by atoms with Gasteiger partial charge in [-0.15, -0.1) is 0 Å². The first-order valence-corrected chi connectivity index (χ1v) is 6.66. The molecule has 0 heterocycles. The van der Waals surface area contributed by atoms with E-state index in [1.165, 1.54) is 0 Å². The van der Waals surface area contributed by atoms with Crippen molar-refractivity contribution in [1.29, 1.82) is 0 Å². The Hall–Kier alpha value is -1.38. The molecule has 1 unspecified atom stereocenters. The molecule has 0 saturated carbocycles. The lowest BCUT2D eigenvalue weighted by atomic mass is 9.97. The van der Waals surface area contributed by atoms with Crippen LogP contribution in [0, 0.1) is 12.7 Å². The second kappa shape index (κ2) is 6.18. The van der Waals surface area contributed by atoms with Gasteiger partial charge in [0.05, 0.1) is 0 Å². The van der Waals surface area contributed by atoms with E-state index in [-0.39, 0.29) is 11.9 Å². The molecule has 0 aromatic heterocycles. The second-order valence-corrected chi connectivity index (χ2v) is 5.09. The molecule has 0 aliphatic rings. The molecule has 19 heavy (non-hydrogen) atoms. The molecule has 0 fully saturated rings. The highest BCUT2D eigenvalue weighted by molar-refractivity contribution is 6.30. The fourth-order valence-corrected chi connectivity index (χ4v) is 2.42. The van der Waals surface area contributed by atoms with E-state index in [4.69, 9.17) is 11.6 Å². The Morgan fingerprint density at radius 3 is 2.63 bits per heavy atom. The van der Waals surface area contributed by atoms with Gasteiger partial charge in [0.1, 0.15) is 5.82 Å². The largest absolute Gasteiger partial charge is 0.313 e. The minimum absolute atomic E-state index is 0.0571. The minimum atomic E-state index is -0.135. The number of nitrogens with one attached hydrogen (secondary N) is 1. The van der Waals surface area contributed by atoms with E-state index in [1.54, 1.807) is 13.0 Å². The number of hydrogen-bond donors (Lipinski definition) is 1. The molecule has 0 amide bonds.